The first-order valence-corrected chi connectivity index (χ1v) is 9.37. The topological polar surface area (TPSA) is 92.2 Å². The minimum absolute atomic E-state index is 0.0911. The molecule has 0 aliphatic heterocycles. The lowest BCUT2D eigenvalue weighted by Crippen LogP contribution is -2.26. The first kappa shape index (κ1) is 17.4. The van der Waals surface area contributed by atoms with E-state index in [1.165, 1.54) is 17.9 Å². The number of carbonyl (C=O) groups excluding carboxylic acids is 1. The van der Waals surface area contributed by atoms with E-state index in [2.05, 4.69) is 14.9 Å². The molecule has 0 bridgehead atoms. The fourth-order valence-corrected chi connectivity index (χ4v) is 3.44. The largest absolute Gasteiger partial charge is 0.463 e. The molecule has 0 radical (unpaired) electrons. The van der Waals surface area contributed by atoms with Crippen molar-refractivity contribution in [2.75, 3.05) is 7.11 Å². The molecule has 3 aromatic heterocycles. The van der Waals surface area contributed by atoms with E-state index in [4.69, 9.17) is 4.42 Å². The van der Waals surface area contributed by atoms with Crippen molar-refractivity contribution in [1.82, 2.24) is 19.6 Å². The normalized spacial score (nSPS) is 13.7. The lowest BCUT2D eigenvalue weighted by atomic mass is 10.2. The average Bonchev–Trinajstić information content (AvgIpc) is 3.32. The predicted molar refractivity (Wildman–Crippen MR) is 104 cm³/mol. The summed E-state index contributed by atoms with van der Waals surface area (Å²) in [6.45, 7) is 0.117. The molecule has 1 aliphatic rings. The molecule has 5 rings (SSSR count). The van der Waals surface area contributed by atoms with Crippen molar-refractivity contribution in [3.05, 3.63) is 76.2 Å². The van der Waals surface area contributed by atoms with Crippen LogP contribution in [0.5, 0.6) is 0 Å². The highest BCUT2D eigenvalue weighted by Gasteiger charge is 2.30. The van der Waals surface area contributed by atoms with Gasteiger partial charge in [0.2, 0.25) is 5.76 Å². The summed E-state index contributed by atoms with van der Waals surface area (Å²) in [6.07, 6.45) is 3.81. The molecule has 0 unspecified atom stereocenters. The minimum Gasteiger partial charge on any atom is -0.463 e. The summed E-state index contributed by atoms with van der Waals surface area (Å²) in [7, 11) is 1.29. The number of esters is 1. The van der Waals surface area contributed by atoms with E-state index in [0.717, 1.165) is 29.6 Å². The number of fused-ring (bicyclic) bond motifs is 1. The maximum absolute atomic E-state index is 13.3. The van der Waals surface area contributed by atoms with Gasteiger partial charge in [-0.3, -0.25) is 4.79 Å². The third kappa shape index (κ3) is 3.02. The number of rotatable bonds is 5. The summed E-state index contributed by atoms with van der Waals surface area (Å²) in [5.74, 6) is 0.313. The highest BCUT2D eigenvalue weighted by atomic mass is 16.5. The van der Waals surface area contributed by atoms with Crippen LogP contribution in [0.15, 0.2) is 57.9 Å². The zero-order chi connectivity index (χ0) is 20.0. The molecule has 1 aromatic carbocycles. The third-order valence-corrected chi connectivity index (χ3v) is 5.03. The zero-order valence-corrected chi connectivity index (χ0v) is 15.7. The first-order chi connectivity index (χ1) is 14.2. The van der Waals surface area contributed by atoms with Crippen LogP contribution in [0.1, 0.15) is 40.8 Å². The number of benzene rings is 1. The fourth-order valence-electron chi connectivity index (χ4n) is 3.44. The van der Waals surface area contributed by atoms with Crippen LogP contribution in [0.3, 0.4) is 0 Å². The second-order valence-corrected chi connectivity index (χ2v) is 7.03. The Morgan fingerprint density at radius 2 is 2.00 bits per heavy atom. The summed E-state index contributed by atoms with van der Waals surface area (Å²) in [5, 5.41) is 9.86. The van der Waals surface area contributed by atoms with Crippen LogP contribution in [0, 0.1) is 0 Å². The van der Waals surface area contributed by atoms with E-state index in [0.29, 0.717) is 17.2 Å². The van der Waals surface area contributed by atoms with Crippen LogP contribution >= 0.6 is 0 Å². The van der Waals surface area contributed by atoms with Crippen LogP contribution in [0.25, 0.3) is 16.6 Å². The van der Waals surface area contributed by atoms with Gasteiger partial charge in [0.15, 0.2) is 0 Å². The number of hydrogen-bond acceptors (Lipinski definition) is 6. The molecule has 0 amide bonds. The maximum Gasteiger partial charge on any atom is 0.373 e. The highest BCUT2D eigenvalue weighted by molar-refractivity contribution is 5.86. The van der Waals surface area contributed by atoms with E-state index < -0.39 is 5.97 Å². The number of methoxy groups -OCH3 is 1. The van der Waals surface area contributed by atoms with Gasteiger partial charge in [-0.25, -0.2) is 14.2 Å². The molecule has 8 heteroatoms. The van der Waals surface area contributed by atoms with Crippen molar-refractivity contribution in [2.45, 2.75) is 25.3 Å². The Labute approximate surface area is 165 Å². The lowest BCUT2D eigenvalue weighted by Gasteiger charge is -2.09. The van der Waals surface area contributed by atoms with Gasteiger partial charge in [-0.05, 0) is 37.1 Å². The fraction of sp³-hybridized carbons (Fsp3) is 0.238. The standard InChI is InChI=1S/C21H18N4O4/c1-28-21(27)17-10-9-15(29-17)12-24-20(26)19-16(18(23-24)13-7-8-13)11-22-25(19)14-5-3-2-4-6-14/h2-6,9-11,13H,7-8,12H2,1H3. The molecule has 0 N–H and O–H groups in total. The Kier molecular flexibility index (Phi) is 4.04. The summed E-state index contributed by atoms with van der Waals surface area (Å²) >= 11 is 0. The molecule has 8 nitrogen and oxygen atoms in total. The molecule has 0 atom stereocenters. The molecule has 0 saturated heterocycles. The van der Waals surface area contributed by atoms with Gasteiger partial charge < -0.3 is 9.15 Å². The quantitative estimate of drug-likeness (QED) is 0.487. The zero-order valence-electron chi connectivity index (χ0n) is 15.7. The van der Waals surface area contributed by atoms with E-state index in [-0.39, 0.29) is 17.9 Å². The van der Waals surface area contributed by atoms with Crippen molar-refractivity contribution in [3.63, 3.8) is 0 Å². The lowest BCUT2D eigenvalue weighted by molar-refractivity contribution is 0.0562. The summed E-state index contributed by atoms with van der Waals surface area (Å²) < 4.78 is 13.2. The van der Waals surface area contributed by atoms with Crippen LogP contribution in [0.2, 0.25) is 0 Å². The molecular formula is C21H18N4O4. The van der Waals surface area contributed by atoms with Gasteiger partial charge in [-0.2, -0.15) is 10.2 Å². The number of carbonyl (C=O) groups is 1. The van der Waals surface area contributed by atoms with Crippen molar-refractivity contribution in [3.8, 4) is 5.69 Å². The van der Waals surface area contributed by atoms with Gasteiger partial charge in [0, 0.05) is 11.3 Å². The smallest absolute Gasteiger partial charge is 0.373 e. The Morgan fingerprint density at radius 3 is 2.72 bits per heavy atom. The molecule has 4 aromatic rings. The molecule has 1 aliphatic carbocycles. The molecule has 3 heterocycles. The van der Waals surface area contributed by atoms with E-state index in [1.807, 2.05) is 30.3 Å². The van der Waals surface area contributed by atoms with Gasteiger partial charge >= 0.3 is 5.97 Å². The summed E-state index contributed by atoms with van der Waals surface area (Å²) in [6, 6.07) is 12.7. The first-order valence-electron chi connectivity index (χ1n) is 9.37. The van der Waals surface area contributed by atoms with Crippen LogP contribution in [-0.2, 0) is 11.3 Å². The molecule has 29 heavy (non-hydrogen) atoms. The molecule has 1 saturated carbocycles. The summed E-state index contributed by atoms with van der Waals surface area (Å²) in [4.78, 5) is 24.9. The number of nitrogens with zero attached hydrogens (tertiary/aromatic N) is 4. The minimum atomic E-state index is -0.562. The van der Waals surface area contributed by atoms with Crippen LogP contribution < -0.4 is 5.56 Å². The number of furan rings is 1. The molecule has 0 spiro atoms. The van der Waals surface area contributed by atoms with Crippen molar-refractivity contribution >= 4 is 16.9 Å². The summed E-state index contributed by atoms with van der Waals surface area (Å²) in [5.41, 5.74) is 1.92. The van der Waals surface area contributed by atoms with Crippen molar-refractivity contribution in [1.29, 1.82) is 0 Å². The van der Waals surface area contributed by atoms with Crippen LogP contribution in [0.4, 0.5) is 0 Å². The monoisotopic (exact) mass is 390 g/mol. The maximum atomic E-state index is 13.3. The van der Waals surface area contributed by atoms with Gasteiger partial charge in [-0.15, -0.1) is 0 Å². The van der Waals surface area contributed by atoms with E-state index >= 15 is 0 Å². The molecule has 146 valence electrons. The Hall–Kier alpha value is -3.68. The number of para-hydroxylation sites is 1. The average molecular weight is 390 g/mol. The van der Waals surface area contributed by atoms with Crippen molar-refractivity contribution in [2.24, 2.45) is 0 Å². The Morgan fingerprint density at radius 1 is 1.21 bits per heavy atom. The Balaban J connectivity index is 1.64. The Bertz CT molecular complexity index is 1270. The van der Waals surface area contributed by atoms with E-state index in [9.17, 15) is 9.59 Å². The second kappa shape index (κ2) is 6.73. The third-order valence-electron chi connectivity index (χ3n) is 5.03. The second-order valence-electron chi connectivity index (χ2n) is 7.03. The molecular weight excluding hydrogens is 372 g/mol. The van der Waals surface area contributed by atoms with Crippen LogP contribution in [-0.4, -0.2) is 32.6 Å². The SMILES string of the molecule is COC(=O)c1ccc(Cn2nc(C3CC3)c3cnn(-c4ccccc4)c3c2=O)o1. The van der Waals surface area contributed by atoms with Gasteiger partial charge in [0.1, 0.15) is 17.8 Å². The molecule has 1 fully saturated rings. The van der Waals surface area contributed by atoms with Gasteiger partial charge in [-0.1, -0.05) is 18.2 Å². The van der Waals surface area contributed by atoms with Gasteiger partial charge in [0.05, 0.1) is 24.7 Å². The van der Waals surface area contributed by atoms with Gasteiger partial charge in [0.25, 0.3) is 5.56 Å². The predicted octanol–water partition coefficient (Wildman–Crippen LogP) is 2.89. The number of ether oxygens (including phenoxy) is 1. The number of hydrogen-bond donors (Lipinski definition) is 0. The number of aromatic nitrogens is 4. The van der Waals surface area contributed by atoms with E-state index in [1.54, 1.807) is 16.9 Å². The van der Waals surface area contributed by atoms with Crippen molar-refractivity contribution < 1.29 is 13.9 Å². The highest BCUT2D eigenvalue weighted by Crippen LogP contribution is 2.41.